The molecule has 158 valence electrons. The number of nitrogens with two attached hydrogens (primary N) is 1. The van der Waals surface area contributed by atoms with Crippen LogP contribution in [-0.2, 0) is 11.2 Å². The molecule has 1 aromatic heterocycles. The molecule has 0 bridgehead atoms. The number of ether oxygens (including phenoxy) is 1. The average molecular weight is 446 g/mol. The van der Waals surface area contributed by atoms with Gasteiger partial charge in [0.15, 0.2) is 5.16 Å². The fourth-order valence-corrected chi connectivity index (χ4v) is 4.21. The summed E-state index contributed by atoms with van der Waals surface area (Å²) in [5.41, 5.74) is 7.80. The summed E-state index contributed by atoms with van der Waals surface area (Å²) in [5.74, 6) is 1.28. The van der Waals surface area contributed by atoms with Crippen molar-refractivity contribution >= 4 is 40.9 Å². The van der Waals surface area contributed by atoms with E-state index < -0.39 is 6.04 Å². The molecule has 0 aliphatic heterocycles. The number of hydrogen-bond donors (Lipinski definition) is 2. The lowest BCUT2D eigenvalue weighted by atomic mass is 10.2. The number of thioether (sulfide) groups is 1. The molecule has 0 fully saturated rings. The molecular formula is C21H24ClN5O2S. The highest BCUT2D eigenvalue weighted by atomic mass is 35.5. The number of nitrogens with zero attached hydrogens (tertiary/aromatic N) is 3. The number of halogens is 1. The van der Waals surface area contributed by atoms with Crippen molar-refractivity contribution in [3.63, 3.8) is 0 Å². The zero-order chi connectivity index (χ0) is 21.5. The Morgan fingerprint density at radius 2 is 2.03 bits per heavy atom. The van der Waals surface area contributed by atoms with E-state index >= 15 is 0 Å². The number of carbonyl (C=O) groups is 1. The SMILES string of the molecule is CCC(C(=O)Nc1cc(Cl)ccc1OC)n1c(N)nnc1SCCc1ccccc1. The summed E-state index contributed by atoms with van der Waals surface area (Å²) >= 11 is 7.60. The second-order valence-electron chi connectivity index (χ2n) is 6.55. The lowest BCUT2D eigenvalue weighted by Crippen LogP contribution is -2.27. The number of hydrogen-bond acceptors (Lipinski definition) is 6. The smallest absolute Gasteiger partial charge is 0.247 e. The number of anilines is 2. The number of aryl methyl sites for hydroxylation is 1. The zero-order valence-electron chi connectivity index (χ0n) is 16.8. The van der Waals surface area contributed by atoms with E-state index in [4.69, 9.17) is 22.1 Å². The summed E-state index contributed by atoms with van der Waals surface area (Å²) in [4.78, 5) is 13.1. The minimum atomic E-state index is -0.567. The Hall–Kier alpha value is -2.71. The molecule has 7 nitrogen and oxygen atoms in total. The first kappa shape index (κ1) is 22.0. The van der Waals surface area contributed by atoms with Crippen LogP contribution in [0.4, 0.5) is 11.6 Å². The molecule has 2 aromatic carbocycles. The van der Waals surface area contributed by atoms with Crippen molar-refractivity contribution in [3.05, 3.63) is 59.1 Å². The molecule has 9 heteroatoms. The summed E-state index contributed by atoms with van der Waals surface area (Å²) in [5, 5.41) is 12.2. The molecule has 0 radical (unpaired) electrons. The Morgan fingerprint density at radius 3 is 2.73 bits per heavy atom. The lowest BCUT2D eigenvalue weighted by molar-refractivity contribution is -0.119. The standard InChI is InChI=1S/C21H24ClN5O2S/c1-3-17(19(28)24-16-13-15(22)9-10-18(16)29-2)27-20(23)25-26-21(27)30-12-11-14-7-5-4-6-8-14/h4-10,13,17H,3,11-12H2,1-2H3,(H2,23,25)(H,24,28). The molecule has 3 N–H and O–H groups in total. The zero-order valence-corrected chi connectivity index (χ0v) is 18.4. The molecular weight excluding hydrogens is 422 g/mol. The lowest BCUT2D eigenvalue weighted by Gasteiger charge is -2.20. The van der Waals surface area contributed by atoms with Crippen LogP contribution in [0.5, 0.6) is 5.75 Å². The van der Waals surface area contributed by atoms with E-state index in [0.29, 0.717) is 28.0 Å². The van der Waals surface area contributed by atoms with E-state index in [1.807, 2.05) is 25.1 Å². The molecule has 1 heterocycles. The topological polar surface area (TPSA) is 95.1 Å². The Kier molecular flexibility index (Phi) is 7.59. The number of nitrogens with one attached hydrogen (secondary N) is 1. The van der Waals surface area contributed by atoms with Crippen LogP contribution >= 0.6 is 23.4 Å². The van der Waals surface area contributed by atoms with Gasteiger partial charge in [-0.3, -0.25) is 9.36 Å². The first-order chi connectivity index (χ1) is 14.5. The summed E-state index contributed by atoms with van der Waals surface area (Å²) < 4.78 is 7.00. The number of aromatic nitrogens is 3. The van der Waals surface area contributed by atoms with Crippen molar-refractivity contribution in [1.82, 2.24) is 14.8 Å². The third-order valence-electron chi connectivity index (χ3n) is 4.58. The van der Waals surface area contributed by atoms with Gasteiger partial charge in [-0.25, -0.2) is 0 Å². The Bertz CT molecular complexity index is 996. The van der Waals surface area contributed by atoms with Crippen molar-refractivity contribution < 1.29 is 9.53 Å². The average Bonchev–Trinajstić information content (AvgIpc) is 3.10. The number of methoxy groups -OCH3 is 1. The first-order valence-electron chi connectivity index (χ1n) is 9.55. The number of benzene rings is 2. The largest absolute Gasteiger partial charge is 0.495 e. The minimum Gasteiger partial charge on any atom is -0.495 e. The molecule has 0 saturated carbocycles. The fraction of sp³-hybridized carbons (Fsp3) is 0.286. The Morgan fingerprint density at radius 1 is 1.27 bits per heavy atom. The number of nitrogen functional groups attached to an aromatic ring is 1. The van der Waals surface area contributed by atoms with Crippen molar-refractivity contribution in [1.29, 1.82) is 0 Å². The molecule has 1 atom stereocenters. The van der Waals surface area contributed by atoms with Gasteiger partial charge in [-0.2, -0.15) is 0 Å². The maximum atomic E-state index is 13.1. The number of rotatable bonds is 9. The van der Waals surface area contributed by atoms with Gasteiger partial charge in [-0.15, -0.1) is 10.2 Å². The molecule has 30 heavy (non-hydrogen) atoms. The van der Waals surface area contributed by atoms with Gasteiger partial charge < -0.3 is 15.8 Å². The molecule has 1 unspecified atom stereocenters. The van der Waals surface area contributed by atoms with Gasteiger partial charge in [0, 0.05) is 10.8 Å². The second kappa shape index (κ2) is 10.4. The van der Waals surface area contributed by atoms with Crippen LogP contribution in [0.15, 0.2) is 53.7 Å². The quantitative estimate of drug-likeness (QED) is 0.472. The van der Waals surface area contributed by atoms with Crippen LogP contribution in [-0.4, -0.2) is 33.5 Å². The van der Waals surface area contributed by atoms with Crippen LogP contribution in [0.25, 0.3) is 0 Å². The molecule has 0 saturated heterocycles. The molecule has 1 amide bonds. The van der Waals surface area contributed by atoms with Crippen molar-refractivity contribution in [2.75, 3.05) is 23.9 Å². The summed E-state index contributed by atoms with van der Waals surface area (Å²) in [6.07, 6.45) is 1.39. The van der Waals surface area contributed by atoms with Crippen LogP contribution < -0.4 is 15.8 Å². The maximum Gasteiger partial charge on any atom is 0.247 e. The van der Waals surface area contributed by atoms with E-state index in [1.54, 1.807) is 22.8 Å². The highest BCUT2D eigenvalue weighted by Gasteiger charge is 2.25. The summed E-state index contributed by atoms with van der Waals surface area (Å²) in [6, 6.07) is 14.7. The Labute approximate surface area is 185 Å². The highest BCUT2D eigenvalue weighted by molar-refractivity contribution is 7.99. The highest BCUT2D eigenvalue weighted by Crippen LogP contribution is 2.30. The second-order valence-corrected chi connectivity index (χ2v) is 8.05. The molecule has 3 rings (SSSR count). The van der Waals surface area contributed by atoms with Gasteiger partial charge in [0.2, 0.25) is 11.9 Å². The van der Waals surface area contributed by atoms with Crippen LogP contribution in [0.2, 0.25) is 5.02 Å². The van der Waals surface area contributed by atoms with Crippen molar-refractivity contribution in [3.8, 4) is 5.75 Å². The van der Waals surface area contributed by atoms with Gasteiger partial charge in [-0.05, 0) is 36.6 Å². The molecule has 3 aromatic rings. The van der Waals surface area contributed by atoms with E-state index in [-0.39, 0.29) is 11.9 Å². The van der Waals surface area contributed by atoms with Crippen LogP contribution in [0, 0.1) is 0 Å². The monoisotopic (exact) mass is 445 g/mol. The fourth-order valence-electron chi connectivity index (χ4n) is 3.06. The van der Waals surface area contributed by atoms with Crippen molar-refractivity contribution in [2.24, 2.45) is 0 Å². The summed E-state index contributed by atoms with van der Waals surface area (Å²) in [6.45, 7) is 1.91. The van der Waals surface area contributed by atoms with Crippen LogP contribution in [0.1, 0.15) is 24.9 Å². The van der Waals surface area contributed by atoms with E-state index in [2.05, 4.69) is 27.6 Å². The van der Waals surface area contributed by atoms with Crippen LogP contribution in [0.3, 0.4) is 0 Å². The number of carbonyl (C=O) groups excluding carboxylic acids is 1. The maximum absolute atomic E-state index is 13.1. The molecule has 0 spiro atoms. The van der Waals surface area contributed by atoms with Gasteiger partial charge >= 0.3 is 0 Å². The van der Waals surface area contributed by atoms with Gasteiger partial charge in [0.25, 0.3) is 0 Å². The third kappa shape index (κ3) is 5.25. The van der Waals surface area contributed by atoms with Gasteiger partial charge in [0.1, 0.15) is 11.8 Å². The predicted octanol–water partition coefficient (Wildman–Crippen LogP) is 4.45. The van der Waals surface area contributed by atoms with Gasteiger partial charge in [-0.1, -0.05) is 60.6 Å². The summed E-state index contributed by atoms with van der Waals surface area (Å²) in [7, 11) is 1.54. The molecule has 0 aliphatic carbocycles. The third-order valence-corrected chi connectivity index (χ3v) is 5.76. The minimum absolute atomic E-state index is 0.206. The number of amides is 1. The Balaban J connectivity index is 1.75. The van der Waals surface area contributed by atoms with Gasteiger partial charge in [0.05, 0.1) is 12.8 Å². The van der Waals surface area contributed by atoms with E-state index in [1.165, 1.54) is 24.4 Å². The normalized spacial score (nSPS) is 11.8. The predicted molar refractivity (Wildman–Crippen MR) is 121 cm³/mol. The van der Waals surface area contributed by atoms with E-state index in [9.17, 15) is 4.79 Å². The van der Waals surface area contributed by atoms with E-state index in [0.717, 1.165) is 12.2 Å². The molecule has 0 aliphatic rings. The van der Waals surface area contributed by atoms with Crippen molar-refractivity contribution in [2.45, 2.75) is 31.0 Å². The first-order valence-corrected chi connectivity index (χ1v) is 10.9.